The highest BCUT2D eigenvalue weighted by atomic mass is 16.7. The Kier molecular flexibility index (Phi) is 14.3. The minimum absolute atomic E-state index is 0.00723. The van der Waals surface area contributed by atoms with Crippen LogP contribution in [0.25, 0.3) is 11.1 Å². The summed E-state index contributed by atoms with van der Waals surface area (Å²) in [5, 5.41) is 47.4. The minimum Gasteiger partial charge on any atom is -0.504 e. The van der Waals surface area contributed by atoms with Gasteiger partial charge in [0.1, 0.15) is 38.1 Å². The lowest BCUT2D eigenvalue weighted by Crippen LogP contribution is -2.62. The normalized spacial score (nSPS) is 18.9. The molecule has 1 fully saturated rings. The Bertz CT molecular complexity index is 2850. The van der Waals surface area contributed by atoms with E-state index < -0.39 is 106 Å². The van der Waals surface area contributed by atoms with Gasteiger partial charge in [0.05, 0.1) is 30.9 Å². The van der Waals surface area contributed by atoms with Crippen molar-refractivity contribution in [3.05, 3.63) is 203 Å². The summed E-state index contributed by atoms with van der Waals surface area (Å²) in [5.74, 6) is -6.28. The van der Waals surface area contributed by atoms with E-state index in [9.17, 15) is 25.2 Å². The Morgan fingerprint density at radius 1 is 0.464 bits per heavy atom. The molecule has 2 aliphatic rings. The smallest absolute Gasteiger partial charge is 0.339 e. The molecule has 352 valence electrons. The highest BCUT2D eigenvalue weighted by Crippen LogP contribution is 2.54. The molecule has 14 heteroatoms. The maximum atomic E-state index is 15.1. The third kappa shape index (κ3) is 10.6. The summed E-state index contributed by atoms with van der Waals surface area (Å²) in [6.45, 7) is -0.723. The number of esters is 2. The van der Waals surface area contributed by atoms with Gasteiger partial charge in [-0.2, -0.15) is 0 Å². The molecule has 0 aromatic heterocycles. The molecule has 5 atom stereocenters. The molecule has 2 aliphatic heterocycles. The number of ether oxygens (including phenoxy) is 8. The number of cyclic esters (lactones) is 1. The van der Waals surface area contributed by atoms with Crippen molar-refractivity contribution in [2.75, 3.05) is 6.61 Å². The molecule has 1 saturated heterocycles. The minimum atomic E-state index is -1.43. The zero-order chi connectivity index (χ0) is 47.7. The zero-order valence-corrected chi connectivity index (χ0v) is 37.1. The lowest BCUT2D eigenvalue weighted by molar-refractivity contribution is -0.321. The van der Waals surface area contributed by atoms with E-state index in [1.807, 2.05) is 103 Å². The van der Waals surface area contributed by atoms with Crippen LogP contribution < -0.4 is 9.47 Å². The second-order valence-electron chi connectivity index (χ2n) is 16.4. The first kappa shape index (κ1) is 46.2. The molecule has 7 aromatic carbocycles. The summed E-state index contributed by atoms with van der Waals surface area (Å²) in [7, 11) is 0. The Balaban J connectivity index is 1.17. The monoisotopic (exact) mass is 932 g/mol. The SMILES string of the molecule is O=C1OC[C@H]2O[C@@H](OCc3ccccc3)[C@H](OCc3ccccc3)[C@@H](OCc3ccccc3)[C@@H]2OC(=O)c2cc(O)c(OCc3ccccc3)c(O)c2-c2c1cc(O)c(OCc1ccccc1)c2O. The largest absolute Gasteiger partial charge is 0.504 e. The van der Waals surface area contributed by atoms with Crippen LogP contribution in [0, 0.1) is 0 Å². The molecule has 7 aromatic rings. The fourth-order valence-electron chi connectivity index (χ4n) is 8.21. The van der Waals surface area contributed by atoms with Gasteiger partial charge in [0.15, 0.2) is 35.4 Å². The Morgan fingerprint density at radius 2 is 0.841 bits per heavy atom. The van der Waals surface area contributed by atoms with Gasteiger partial charge in [-0.3, -0.25) is 0 Å². The van der Waals surface area contributed by atoms with Crippen molar-refractivity contribution in [3.8, 4) is 45.6 Å². The van der Waals surface area contributed by atoms with E-state index in [1.165, 1.54) is 0 Å². The predicted molar refractivity (Wildman–Crippen MR) is 250 cm³/mol. The molecule has 0 aliphatic carbocycles. The van der Waals surface area contributed by atoms with Crippen LogP contribution in [0.5, 0.6) is 34.5 Å². The van der Waals surface area contributed by atoms with Crippen LogP contribution in [0.1, 0.15) is 48.5 Å². The maximum Gasteiger partial charge on any atom is 0.339 e. The van der Waals surface area contributed by atoms with Crippen LogP contribution in [0.15, 0.2) is 164 Å². The average molecular weight is 933 g/mol. The topological polar surface area (TPSA) is 189 Å². The lowest BCUT2D eigenvalue weighted by Gasteiger charge is -2.45. The van der Waals surface area contributed by atoms with Gasteiger partial charge in [0.25, 0.3) is 0 Å². The Hall–Kier alpha value is -7.88. The van der Waals surface area contributed by atoms with Crippen LogP contribution in [-0.2, 0) is 61.5 Å². The number of rotatable bonds is 15. The summed E-state index contributed by atoms with van der Waals surface area (Å²) in [5.41, 5.74) is 1.73. The van der Waals surface area contributed by atoms with Crippen molar-refractivity contribution in [2.24, 2.45) is 0 Å². The highest BCUT2D eigenvalue weighted by Gasteiger charge is 2.51. The van der Waals surface area contributed by atoms with Crippen LogP contribution in [0.3, 0.4) is 0 Å². The molecule has 0 saturated carbocycles. The zero-order valence-electron chi connectivity index (χ0n) is 37.1. The summed E-state index contributed by atoms with van der Waals surface area (Å²) in [6, 6.07) is 47.8. The van der Waals surface area contributed by atoms with Gasteiger partial charge in [0.2, 0.25) is 11.5 Å². The fraction of sp³-hybridized carbons (Fsp3) is 0.200. The summed E-state index contributed by atoms with van der Waals surface area (Å²) in [4.78, 5) is 29.7. The number of benzene rings is 7. The van der Waals surface area contributed by atoms with E-state index in [-0.39, 0.29) is 33.0 Å². The van der Waals surface area contributed by atoms with Crippen molar-refractivity contribution in [2.45, 2.75) is 63.7 Å². The standard InChI is InChI=1S/C55H48O14/c56-41-26-39-44(46(58)48(41)62-28-34-16-6-1-7-17-34)45-40(27-42(57)49(47(45)59)63-29-35-18-8-2-9-19-35)54(61)69-50-43(33-66-53(39)60)68-55(67-32-38-24-14-5-15-25-38)52(65-31-37-22-12-4-13-23-37)51(50)64-30-36-20-10-3-11-21-36/h1-27,43,50-52,55-59H,28-33H2/t43-,50-,51+,52-,55-/m1/s1. The van der Waals surface area contributed by atoms with E-state index in [4.69, 9.17) is 37.9 Å². The second-order valence-corrected chi connectivity index (χ2v) is 16.4. The number of aromatic hydroxyl groups is 4. The van der Waals surface area contributed by atoms with Crippen LogP contribution in [0.2, 0.25) is 0 Å². The second kappa shape index (κ2) is 21.4. The average Bonchev–Trinajstić information content (AvgIpc) is 3.39. The van der Waals surface area contributed by atoms with Crippen molar-refractivity contribution >= 4 is 11.9 Å². The molecule has 9 rings (SSSR count). The Morgan fingerprint density at radius 3 is 1.28 bits per heavy atom. The molecule has 0 amide bonds. The molecule has 4 N–H and O–H groups in total. The van der Waals surface area contributed by atoms with Gasteiger partial charge in [-0.15, -0.1) is 0 Å². The van der Waals surface area contributed by atoms with E-state index in [0.29, 0.717) is 11.1 Å². The quantitative estimate of drug-likeness (QED) is 0.0713. The van der Waals surface area contributed by atoms with Crippen molar-refractivity contribution < 1.29 is 67.9 Å². The molecular formula is C55H48O14. The van der Waals surface area contributed by atoms with Gasteiger partial charge in [-0.05, 0) is 39.9 Å². The van der Waals surface area contributed by atoms with Gasteiger partial charge >= 0.3 is 11.9 Å². The summed E-state index contributed by atoms with van der Waals surface area (Å²) in [6.07, 6.45) is -6.20. The maximum absolute atomic E-state index is 15.1. The third-order valence-electron chi connectivity index (χ3n) is 11.7. The van der Waals surface area contributed by atoms with E-state index >= 15 is 4.79 Å². The first-order valence-corrected chi connectivity index (χ1v) is 22.2. The lowest BCUT2D eigenvalue weighted by atomic mass is 9.91. The van der Waals surface area contributed by atoms with Gasteiger partial charge in [-0.25, -0.2) is 9.59 Å². The highest BCUT2D eigenvalue weighted by molar-refractivity contribution is 6.08. The first-order chi connectivity index (χ1) is 33.7. The number of carbonyl (C=O) groups is 2. The van der Waals surface area contributed by atoms with E-state index in [2.05, 4.69) is 0 Å². The van der Waals surface area contributed by atoms with Crippen LogP contribution in [-0.4, -0.2) is 69.7 Å². The molecule has 2 heterocycles. The van der Waals surface area contributed by atoms with Gasteiger partial charge in [0, 0.05) is 11.1 Å². The van der Waals surface area contributed by atoms with Crippen LogP contribution >= 0.6 is 0 Å². The molecule has 0 bridgehead atoms. The van der Waals surface area contributed by atoms with Crippen LogP contribution in [0.4, 0.5) is 0 Å². The van der Waals surface area contributed by atoms with Crippen molar-refractivity contribution in [1.29, 1.82) is 0 Å². The molecule has 14 nitrogen and oxygen atoms in total. The number of carbonyl (C=O) groups excluding carboxylic acids is 2. The summed E-state index contributed by atoms with van der Waals surface area (Å²) < 4.78 is 50.6. The van der Waals surface area contributed by atoms with Crippen molar-refractivity contribution in [3.63, 3.8) is 0 Å². The fourth-order valence-corrected chi connectivity index (χ4v) is 8.21. The van der Waals surface area contributed by atoms with E-state index in [1.54, 1.807) is 48.5 Å². The number of fused-ring (bicyclic) bond motifs is 4. The first-order valence-electron chi connectivity index (χ1n) is 22.2. The molecule has 69 heavy (non-hydrogen) atoms. The summed E-state index contributed by atoms with van der Waals surface area (Å²) >= 11 is 0. The third-order valence-corrected chi connectivity index (χ3v) is 11.7. The predicted octanol–water partition coefficient (Wildman–Crippen LogP) is 9.14. The molecule has 0 radical (unpaired) electrons. The van der Waals surface area contributed by atoms with Gasteiger partial charge in [-0.1, -0.05) is 152 Å². The van der Waals surface area contributed by atoms with Crippen molar-refractivity contribution in [1.82, 2.24) is 0 Å². The molecule has 0 spiro atoms. The van der Waals surface area contributed by atoms with E-state index in [0.717, 1.165) is 28.8 Å². The number of phenolic OH excluding ortho intramolecular Hbond substituents is 4. The van der Waals surface area contributed by atoms with Gasteiger partial charge < -0.3 is 58.3 Å². The number of hydrogen-bond acceptors (Lipinski definition) is 14. The number of phenols is 4. The molecular weight excluding hydrogens is 885 g/mol. The molecule has 0 unspecified atom stereocenters. The number of hydrogen-bond donors (Lipinski definition) is 4. The Labute approximate surface area is 397 Å².